The van der Waals surface area contributed by atoms with Gasteiger partial charge in [-0.2, -0.15) is 0 Å². The van der Waals surface area contributed by atoms with Crippen molar-refractivity contribution in [1.29, 1.82) is 0 Å². The average molecular weight is 278 g/mol. The van der Waals surface area contributed by atoms with Gasteiger partial charge >= 0.3 is 0 Å². The molecule has 1 aromatic rings. The van der Waals surface area contributed by atoms with Gasteiger partial charge < -0.3 is 19.7 Å². The number of hydrogen-bond acceptors (Lipinski definition) is 5. The number of aliphatic hydroxyl groups excluding tert-OH is 1. The molecule has 5 nitrogen and oxygen atoms in total. The Labute approximate surface area is 117 Å². The van der Waals surface area contributed by atoms with Gasteiger partial charge in [0.25, 0.3) is 0 Å². The van der Waals surface area contributed by atoms with E-state index in [0.717, 1.165) is 0 Å². The number of methoxy groups -OCH3 is 1. The fourth-order valence-corrected chi connectivity index (χ4v) is 3.28. The molecule has 0 unspecified atom stereocenters. The minimum atomic E-state index is -0.778. The molecule has 0 saturated carbocycles. The van der Waals surface area contributed by atoms with E-state index in [4.69, 9.17) is 9.47 Å². The van der Waals surface area contributed by atoms with E-state index in [1.807, 2.05) is 6.92 Å². The molecule has 3 rings (SSSR count). The third-order valence-corrected chi connectivity index (χ3v) is 4.35. The molecule has 1 fully saturated rings. The number of hydrogen-bond donors (Lipinski definition) is 2. The van der Waals surface area contributed by atoms with E-state index < -0.39 is 6.10 Å². The summed E-state index contributed by atoms with van der Waals surface area (Å²) in [6, 6.07) is 3.03. The van der Waals surface area contributed by atoms with Crippen molar-refractivity contribution in [2.45, 2.75) is 25.6 Å². The van der Waals surface area contributed by atoms with Crippen LogP contribution in [0.4, 0.5) is 0 Å². The smallest absolute Gasteiger partial charge is 0.172 e. The summed E-state index contributed by atoms with van der Waals surface area (Å²) in [5, 5.41) is 20.6. The predicted octanol–water partition coefficient (Wildman–Crippen LogP) is 1.67. The Kier molecular flexibility index (Phi) is 3.18. The second-order valence-electron chi connectivity index (χ2n) is 5.57. The number of aliphatic hydroxyl groups is 1. The maximum absolute atomic E-state index is 12.5. The van der Waals surface area contributed by atoms with Crippen LogP contribution in [0.5, 0.6) is 11.5 Å². The van der Waals surface area contributed by atoms with Gasteiger partial charge in [0.05, 0.1) is 37.4 Å². The molecule has 0 radical (unpaired) electrons. The average Bonchev–Trinajstić information content (AvgIpc) is 2.43. The first-order valence-electron chi connectivity index (χ1n) is 6.77. The highest BCUT2D eigenvalue weighted by atomic mass is 16.5. The number of aromatic hydroxyl groups is 1. The molecule has 1 aliphatic heterocycles. The molecule has 0 aromatic heterocycles. The van der Waals surface area contributed by atoms with Gasteiger partial charge in [-0.25, -0.2) is 0 Å². The van der Waals surface area contributed by atoms with Gasteiger partial charge in [0.1, 0.15) is 11.5 Å². The number of ketones is 1. The Morgan fingerprint density at radius 3 is 2.85 bits per heavy atom. The van der Waals surface area contributed by atoms with E-state index in [1.165, 1.54) is 13.2 Å². The Hall–Kier alpha value is -1.59. The Morgan fingerprint density at radius 2 is 2.15 bits per heavy atom. The van der Waals surface area contributed by atoms with Crippen LogP contribution < -0.4 is 4.74 Å². The quantitative estimate of drug-likeness (QED) is 0.817. The zero-order chi connectivity index (χ0) is 14.4. The number of benzene rings is 1. The van der Waals surface area contributed by atoms with Crippen molar-refractivity contribution in [3.8, 4) is 11.5 Å². The number of carbonyl (C=O) groups is 1. The lowest BCUT2D eigenvalue weighted by Crippen LogP contribution is -2.43. The lowest BCUT2D eigenvalue weighted by atomic mass is 9.70. The van der Waals surface area contributed by atoms with Gasteiger partial charge in [-0.3, -0.25) is 4.79 Å². The lowest BCUT2D eigenvalue weighted by molar-refractivity contribution is -0.0688. The molecule has 0 amide bonds. The molecule has 1 heterocycles. The lowest BCUT2D eigenvalue weighted by Gasteiger charge is -2.41. The van der Waals surface area contributed by atoms with E-state index in [2.05, 4.69) is 0 Å². The highest BCUT2D eigenvalue weighted by molar-refractivity contribution is 6.03. The van der Waals surface area contributed by atoms with Crippen molar-refractivity contribution >= 4 is 5.78 Å². The van der Waals surface area contributed by atoms with Crippen LogP contribution in [-0.4, -0.2) is 35.8 Å². The normalized spacial score (nSPS) is 32.5. The van der Waals surface area contributed by atoms with E-state index in [9.17, 15) is 15.0 Å². The van der Waals surface area contributed by atoms with Gasteiger partial charge in [0, 0.05) is 12.0 Å². The highest BCUT2D eigenvalue weighted by Gasteiger charge is 2.45. The minimum Gasteiger partial charge on any atom is -0.507 e. The number of Topliss-reactive ketones (excluding diaryl/α,β-unsaturated/α-hetero) is 1. The molecule has 0 spiro atoms. The van der Waals surface area contributed by atoms with Crippen molar-refractivity contribution in [2.24, 2.45) is 11.8 Å². The maximum atomic E-state index is 12.5. The fraction of sp³-hybridized carbons (Fsp3) is 0.533. The Morgan fingerprint density at radius 1 is 1.40 bits per heavy atom. The molecule has 1 aliphatic carbocycles. The number of rotatable bonds is 1. The fourth-order valence-electron chi connectivity index (χ4n) is 3.28. The van der Waals surface area contributed by atoms with Crippen LogP contribution in [0.2, 0.25) is 0 Å². The second kappa shape index (κ2) is 4.75. The first-order chi connectivity index (χ1) is 9.52. The van der Waals surface area contributed by atoms with Crippen LogP contribution in [-0.2, 0) is 4.74 Å². The van der Waals surface area contributed by atoms with Crippen LogP contribution in [0.25, 0.3) is 0 Å². The largest absolute Gasteiger partial charge is 0.507 e. The molecule has 0 bridgehead atoms. The third-order valence-electron chi connectivity index (χ3n) is 4.35. The summed E-state index contributed by atoms with van der Waals surface area (Å²) in [4.78, 5) is 12.5. The number of phenolic OH excluding ortho intramolecular Hbond substituents is 1. The van der Waals surface area contributed by atoms with Crippen molar-refractivity contribution in [2.75, 3.05) is 13.7 Å². The highest BCUT2D eigenvalue weighted by Crippen LogP contribution is 2.46. The first kappa shape index (κ1) is 13.4. The van der Waals surface area contributed by atoms with E-state index in [1.54, 1.807) is 6.07 Å². The minimum absolute atomic E-state index is 0.0273. The van der Waals surface area contributed by atoms with Gasteiger partial charge in [0.2, 0.25) is 0 Å². The Bertz CT molecular complexity index is 553. The summed E-state index contributed by atoms with van der Waals surface area (Å²) in [6.07, 6.45) is -0.117. The summed E-state index contributed by atoms with van der Waals surface area (Å²) >= 11 is 0. The molecule has 2 N–H and O–H groups in total. The molecule has 4 atom stereocenters. The van der Waals surface area contributed by atoms with Gasteiger partial charge in [-0.15, -0.1) is 0 Å². The SMILES string of the molecule is COc1cc(O)c2c(c1)[C@@H](O)[C@@H]1C[C@H](C)OC[C@H]1C2=O. The molecule has 1 aromatic carbocycles. The van der Waals surface area contributed by atoms with Crippen molar-refractivity contribution in [3.63, 3.8) is 0 Å². The number of phenols is 1. The molecule has 108 valence electrons. The topological polar surface area (TPSA) is 76.0 Å². The van der Waals surface area contributed by atoms with E-state index in [0.29, 0.717) is 24.3 Å². The van der Waals surface area contributed by atoms with Crippen LogP contribution in [0.1, 0.15) is 35.4 Å². The monoisotopic (exact) mass is 278 g/mol. The van der Waals surface area contributed by atoms with Gasteiger partial charge in [0.15, 0.2) is 5.78 Å². The van der Waals surface area contributed by atoms with Crippen molar-refractivity contribution in [3.05, 3.63) is 23.3 Å². The van der Waals surface area contributed by atoms with Crippen LogP contribution in [0.15, 0.2) is 12.1 Å². The zero-order valence-corrected chi connectivity index (χ0v) is 11.5. The standard InChI is InChI=1S/C15H18O5/c1-7-3-9-11(6-20-7)15(18)13-10(14(9)17)4-8(19-2)5-12(13)16/h4-5,7,9,11,14,16-17H,3,6H2,1-2H3/t7-,9+,11+,14-/m0/s1. The maximum Gasteiger partial charge on any atom is 0.172 e. The molecular formula is C15H18O5. The predicted molar refractivity (Wildman–Crippen MR) is 71.0 cm³/mol. The number of fused-ring (bicyclic) bond motifs is 2. The number of ether oxygens (including phenoxy) is 2. The Balaban J connectivity index is 2.11. The van der Waals surface area contributed by atoms with E-state index >= 15 is 0 Å². The molecule has 5 heteroatoms. The van der Waals surface area contributed by atoms with E-state index in [-0.39, 0.29) is 35.0 Å². The van der Waals surface area contributed by atoms with Gasteiger partial charge in [-0.05, 0) is 25.0 Å². The summed E-state index contributed by atoms with van der Waals surface area (Å²) in [6.45, 7) is 2.23. The molecule has 2 aliphatic rings. The molecule has 20 heavy (non-hydrogen) atoms. The summed E-state index contributed by atoms with van der Waals surface area (Å²) in [5.74, 6) is -0.396. The zero-order valence-electron chi connectivity index (χ0n) is 11.5. The molecular weight excluding hydrogens is 260 g/mol. The van der Waals surface area contributed by atoms with Crippen LogP contribution in [0, 0.1) is 11.8 Å². The second-order valence-corrected chi connectivity index (χ2v) is 5.57. The summed E-state index contributed by atoms with van der Waals surface area (Å²) < 4.78 is 10.6. The third kappa shape index (κ3) is 1.89. The summed E-state index contributed by atoms with van der Waals surface area (Å²) in [7, 11) is 1.48. The van der Waals surface area contributed by atoms with Crippen molar-refractivity contribution < 1.29 is 24.5 Å². The van der Waals surface area contributed by atoms with Crippen LogP contribution in [0.3, 0.4) is 0 Å². The number of carbonyl (C=O) groups excluding carboxylic acids is 1. The first-order valence-corrected chi connectivity index (χ1v) is 6.77. The summed E-state index contributed by atoms with van der Waals surface area (Å²) in [5.41, 5.74) is 0.667. The van der Waals surface area contributed by atoms with Crippen LogP contribution >= 0.6 is 0 Å². The van der Waals surface area contributed by atoms with Crippen molar-refractivity contribution in [1.82, 2.24) is 0 Å². The van der Waals surface area contributed by atoms with Gasteiger partial charge in [-0.1, -0.05) is 0 Å². The molecule has 1 saturated heterocycles.